The van der Waals surface area contributed by atoms with Crippen LogP contribution < -0.4 is 20.9 Å². The van der Waals surface area contributed by atoms with Crippen molar-refractivity contribution in [1.82, 2.24) is 5.32 Å². The van der Waals surface area contributed by atoms with Crippen LogP contribution in [0, 0.1) is 12.3 Å². The molecular formula is C23H24N4O5. The fourth-order valence-corrected chi connectivity index (χ4v) is 3.07. The van der Waals surface area contributed by atoms with E-state index in [0.717, 1.165) is 5.69 Å². The van der Waals surface area contributed by atoms with Gasteiger partial charge in [-0.2, -0.15) is 0 Å². The number of hydrogen-bond donors (Lipinski definition) is 3. The lowest BCUT2D eigenvalue weighted by Gasteiger charge is -2.27. The molecule has 0 spiro atoms. The highest BCUT2D eigenvalue weighted by Gasteiger charge is 2.22. The quantitative estimate of drug-likeness (QED) is 0.574. The third-order valence-electron chi connectivity index (χ3n) is 4.70. The average molecular weight is 436 g/mol. The second-order valence-electron chi connectivity index (χ2n) is 6.96. The summed E-state index contributed by atoms with van der Waals surface area (Å²) in [6, 6.07) is 12.1. The number of morpholine rings is 1. The molecule has 0 radical (unpaired) electrons. The van der Waals surface area contributed by atoms with Crippen LogP contribution in [0.25, 0.3) is 0 Å². The Morgan fingerprint density at radius 2 is 1.78 bits per heavy atom. The van der Waals surface area contributed by atoms with E-state index in [0.29, 0.717) is 30.1 Å². The van der Waals surface area contributed by atoms with Crippen LogP contribution in [0.5, 0.6) is 0 Å². The van der Waals surface area contributed by atoms with Gasteiger partial charge in [-0.15, -0.1) is 6.42 Å². The number of rotatable bonds is 7. The highest BCUT2D eigenvalue weighted by atomic mass is 16.5. The summed E-state index contributed by atoms with van der Waals surface area (Å²) in [6.45, 7) is 0.990. The van der Waals surface area contributed by atoms with E-state index in [1.807, 2.05) is 0 Å². The summed E-state index contributed by atoms with van der Waals surface area (Å²) in [5, 5.41) is 7.98. The largest absolute Gasteiger partial charge is 0.382 e. The van der Waals surface area contributed by atoms with Crippen LogP contribution in [-0.4, -0.2) is 57.4 Å². The number of nitrogens with one attached hydrogen (secondary N) is 3. The third kappa shape index (κ3) is 6.07. The molecule has 2 aromatic carbocycles. The Labute approximate surface area is 186 Å². The summed E-state index contributed by atoms with van der Waals surface area (Å²) in [6.07, 6.45) is 5.32. The van der Waals surface area contributed by atoms with Crippen LogP contribution in [0.15, 0.2) is 48.5 Å². The molecule has 3 rings (SSSR count). The Hall–Kier alpha value is -3.87. The summed E-state index contributed by atoms with van der Waals surface area (Å²) in [7, 11) is 1.44. The van der Waals surface area contributed by atoms with Gasteiger partial charge in [0.2, 0.25) is 5.91 Å². The highest BCUT2D eigenvalue weighted by molar-refractivity contribution is 6.00. The Morgan fingerprint density at radius 3 is 2.41 bits per heavy atom. The number of nitrogens with zero attached hydrogens (tertiary/aromatic N) is 1. The fourth-order valence-electron chi connectivity index (χ4n) is 3.07. The number of anilines is 3. The van der Waals surface area contributed by atoms with E-state index >= 15 is 0 Å². The zero-order chi connectivity index (χ0) is 22.9. The maximum atomic E-state index is 12.7. The first kappa shape index (κ1) is 22.8. The Morgan fingerprint density at radius 1 is 1.12 bits per heavy atom. The highest BCUT2D eigenvalue weighted by Crippen LogP contribution is 2.20. The molecule has 4 amide bonds. The number of terminal acetylenes is 1. The van der Waals surface area contributed by atoms with Crippen LogP contribution in [0.3, 0.4) is 0 Å². The third-order valence-corrected chi connectivity index (χ3v) is 4.70. The zero-order valence-electron chi connectivity index (χ0n) is 17.6. The number of benzene rings is 2. The molecule has 0 aromatic heterocycles. The van der Waals surface area contributed by atoms with Crippen LogP contribution in [-0.2, 0) is 19.1 Å². The molecule has 1 fully saturated rings. The van der Waals surface area contributed by atoms with Crippen molar-refractivity contribution >= 4 is 34.9 Å². The first-order chi connectivity index (χ1) is 15.5. The van der Waals surface area contributed by atoms with Crippen LogP contribution in [0.4, 0.5) is 21.9 Å². The van der Waals surface area contributed by atoms with E-state index in [4.69, 9.17) is 15.9 Å². The summed E-state index contributed by atoms with van der Waals surface area (Å²) >= 11 is 0. The van der Waals surface area contributed by atoms with Gasteiger partial charge in [-0.3, -0.25) is 9.59 Å². The van der Waals surface area contributed by atoms with Crippen LogP contribution in [0.2, 0.25) is 0 Å². The number of ether oxygens (including phenoxy) is 2. The van der Waals surface area contributed by atoms with E-state index in [-0.39, 0.29) is 19.1 Å². The molecule has 1 atom stereocenters. The van der Waals surface area contributed by atoms with Gasteiger partial charge in [-0.05, 0) is 48.5 Å². The van der Waals surface area contributed by atoms with Crippen molar-refractivity contribution in [2.75, 3.05) is 49.0 Å². The van der Waals surface area contributed by atoms with Gasteiger partial charge < -0.3 is 30.3 Å². The van der Waals surface area contributed by atoms with Crippen LogP contribution in [0.1, 0.15) is 5.56 Å². The number of hydrogen-bond acceptors (Lipinski definition) is 5. The Balaban J connectivity index is 1.58. The van der Waals surface area contributed by atoms with Crippen molar-refractivity contribution in [1.29, 1.82) is 0 Å². The lowest BCUT2D eigenvalue weighted by Crippen LogP contribution is -2.48. The number of carbonyl (C=O) groups excluding carboxylic acids is 3. The lowest BCUT2D eigenvalue weighted by molar-refractivity contribution is -0.125. The second kappa shape index (κ2) is 10.9. The van der Waals surface area contributed by atoms with Gasteiger partial charge >= 0.3 is 6.03 Å². The molecule has 1 saturated heterocycles. The molecule has 1 aliphatic rings. The number of urea groups is 1. The summed E-state index contributed by atoms with van der Waals surface area (Å²) in [5.74, 6) is 1.94. The zero-order valence-corrected chi connectivity index (χ0v) is 17.6. The molecule has 1 aliphatic heterocycles. The molecule has 0 aliphatic carbocycles. The van der Waals surface area contributed by atoms with Crippen molar-refractivity contribution in [2.24, 2.45) is 0 Å². The van der Waals surface area contributed by atoms with Crippen molar-refractivity contribution in [3.63, 3.8) is 0 Å². The molecule has 0 saturated carbocycles. The SMILES string of the molecule is C#Cc1ccc(NC(=O)N[C@H](COC)C(=O)Nc2ccc(N3CCOCC3=O)cc2)cc1. The topological polar surface area (TPSA) is 109 Å². The smallest absolute Gasteiger partial charge is 0.319 e. The van der Waals surface area contributed by atoms with Gasteiger partial charge in [0, 0.05) is 36.3 Å². The first-order valence-corrected chi connectivity index (χ1v) is 9.92. The van der Waals surface area contributed by atoms with E-state index < -0.39 is 18.0 Å². The van der Waals surface area contributed by atoms with E-state index in [1.165, 1.54) is 7.11 Å². The van der Waals surface area contributed by atoms with E-state index in [2.05, 4.69) is 21.9 Å². The molecule has 9 nitrogen and oxygen atoms in total. The maximum Gasteiger partial charge on any atom is 0.319 e. The molecule has 0 unspecified atom stereocenters. The molecule has 0 bridgehead atoms. The van der Waals surface area contributed by atoms with E-state index in [1.54, 1.807) is 53.4 Å². The fraction of sp³-hybridized carbons (Fsp3) is 0.261. The number of amides is 4. The van der Waals surface area contributed by atoms with Crippen molar-refractivity contribution in [2.45, 2.75) is 6.04 Å². The monoisotopic (exact) mass is 436 g/mol. The van der Waals surface area contributed by atoms with Gasteiger partial charge in [0.25, 0.3) is 5.91 Å². The lowest BCUT2D eigenvalue weighted by atomic mass is 10.2. The minimum Gasteiger partial charge on any atom is -0.382 e. The van der Waals surface area contributed by atoms with Crippen molar-refractivity contribution in [3.8, 4) is 12.3 Å². The predicted molar refractivity (Wildman–Crippen MR) is 120 cm³/mol. The normalized spacial score (nSPS) is 14.2. The molecular weight excluding hydrogens is 412 g/mol. The maximum absolute atomic E-state index is 12.7. The van der Waals surface area contributed by atoms with Crippen molar-refractivity contribution < 1.29 is 23.9 Å². The minimum atomic E-state index is -0.925. The molecule has 3 N–H and O–H groups in total. The summed E-state index contributed by atoms with van der Waals surface area (Å²) < 4.78 is 10.2. The average Bonchev–Trinajstić information content (AvgIpc) is 2.80. The molecule has 1 heterocycles. The summed E-state index contributed by atoms with van der Waals surface area (Å²) in [4.78, 5) is 38.6. The second-order valence-corrected chi connectivity index (χ2v) is 6.96. The van der Waals surface area contributed by atoms with Gasteiger partial charge in [0.1, 0.15) is 12.6 Å². The van der Waals surface area contributed by atoms with Crippen molar-refractivity contribution in [3.05, 3.63) is 54.1 Å². The van der Waals surface area contributed by atoms with Gasteiger partial charge in [0.05, 0.1) is 13.2 Å². The summed E-state index contributed by atoms with van der Waals surface area (Å²) in [5.41, 5.74) is 2.47. The minimum absolute atomic E-state index is 0.0182. The number of carbonyl (C=O) groups is 3. The first-order valence-electron chi connectivity index (χ1n) is 9.92. The molecule has 32 heavy (non-hydrogen) atoms. The predicted octanol–water partition coefficient (Wildman–Crippen LogP) is 1.81. The van der Waals surface area contributed by atoms with E-state index in [9.17, 15) is 14.4 Å². The van der Waals surface area contributed by atoms with Crippen LogP contribution >= 0.6 is 0 Å². The van der Waals surface area contributed by atoms with Gasteiger partial charge in [-0.1, -0.05) is 5.92 Å². The molecule has 9 heteroatoms. The number of methoxy groups -OCH3 is 1. The standard InChI is InChI=1S/C23H24N4O5/c1-3-16-4-6-18(7-5-16)25-23(30)26-20(14-31-2)22(29)24-17-8-10-19(11-9-17)27-12-13-32-15-21(27)28/h1,4-11,20H,12-15H2,2H3,(H,24,29)(H2,25,26,30)/t20-/m1/s1. The molecule has 2 aromatic rings. The van der Waals surface area contributed by atoms with Gasteiger partial charge in [-0.25, -0.2) is 4.79 Å². The van der Waals surface area contributed by atoms with Gasteiger partial charge in [0.15, 0.2) is 0 Å². The molecule has 166 valence electrons. The Kier molecular flexibility index (Phi) is 7.80. The Bertz CT molecular complexity index is 999.